The summed E-state index contributed by atoms with van der Waals surface area (Å²) in [5.74, 6) is 0.266. The lowest BCUT2D eigenvalue weighted by molar-refractivity contribution is -0.116. The van der Waals surface area contributed by atoms with E-state index in [-0.39, 0.29) is 11.4 Å². The minimum atomic E-state index is -3.84. The number of pyridine rings is 1. The predicted molar refractivity (Wildman–Crippen MR) is 108 cm³/mol. The zero-order chi connectivity index (χ0) is 20.1. The summed E-state index contributed by atoms with van der Waals surface area (Å²) in [7, 11) is -2.46. The first-order chi connectivity index (χ1) is 13.4. The van der Waals surface area contributed by atoms with Crippen molar-refractivity contribution in [3.8, 4) is 5.75 Å². The lowest BCUT2D eigenvalue weighted by Crippen LogP contribution is -2.35. The van der Waals surface area contributed by atoms with Gasteiger partial charge in [0.15, 0.2) is 0 Å². The number of nitrogens with zero attached hydrogens (tertiary/aromatic N) is 2. The van der Waals surface area contributed by atoms with Gasteiger partial charge in [-0.25, -0.2) is 8.42 Å². The van der Waals surface area contributed by atoms with Crippen LogP contribution in [-0.4, -0.2) is 43.8 Å². The molecule has 0 radical (unpaired) electrons. The van der Waals surface area contributed by atoms with Gasteiger partial charge < -0.3 is 10.1 Å². The molecule has 8 heteroatoms. The molecular weight excluding hydrogens is 378 g/mol. The quantitative estimate of drug-likeness (QED) is 0.660. The zero-order valence-corrected chi connectivity index (χ0v) is 16.4. The molecular formula is C20H21N3O4S. The van der Waals surface area contributed by atoms with Crippen LogP contribution in [0.15, 0.2) is 65.8 Å². The molecule has 1 heterocycles. The van der Waals surface area contributed by atoms with Gasteiger partial charge in [-0.3, -0.25) is 9.78 Å². The molecule has 0 aliphatic rings. The molecule has 3 rings (SSSR count). The van der Waals surface area contributed by atoms with Crippen LogP contribution in [0.4, 0.5) is 5.69 Å². The van der Waals surface area contributed by atoms with E-state index >= 15 is 0 Å². The summed E-state index contributed by atoms with van der Waals surface area (Å²) >= 11 is 0. The third-order valence-electron chi connectivity index (χ3n) is 4.14. The maximum atomic E-state index is 13.0. The highest BCUT2D eigenvalue weighted by Crippen LogP contribution is 2.24. The Kier molecular flexibility index (Phi) is 5.91. The van der Waals surface area contributed by atoms with Crippen molar-refractivity contribution in [3.05, 3.63) is 60.9 Å². The molecule has 0 atom stereocenters. The van der Waals surface area contributed by atoms with Crippen LogP contribution in [0.25, 0.3) is 10.8 Å². The van der Waals surface area contributed by atoms with Crippen molar-refractivity contribution in [1.29, 1.82) is 0 Å². The lowest BCUT2D eigenvalue weighted by atomic mass is 10.2. The Morgan fingerprint density at radius 3 is 2.61 bits per heavy atom. The van der Waals surface area contributed by atoms with Gasteiger partial charge in [-0.05, 0) is 43.3 Å². The van der Waals surface area contributed by atoms with Crippen molar-refractivity contribution in [3.63, 3.8) is 0 Å². The standard InChI is InChI=1S/C20H21N3O4S/c1-3-27-17-9-7-16(8-10-17)22-20(24)14-23(2)28(25,26)19-6-4-5-15-13-21-12-11-18(15)19/h4-13H,3,14H2,1-2H3,(H,22,24). The number of likely N-dealkylation sites (N-methyl/N-ethyl adjacent to an activating group) is 1. The fourth-order valence-electron chi connectivity index (χ4n) is 2.77. The summed E-state index contributed by atoms with van der Waals surface area (Å²) in [4.78, 5) is 16.5. The largest absolute Gasteiger partial charge is 0.494 e. The van der Waals surface area contributed by atoms with Crippen LogP contribution in [-0.2, 0) is 14.8 Å². The van der Waals surface area contributed by atoms with E-state index in [0.717, 1.165) is 9.69 Å². The zero-order valence-electron chi connectivity index (χ0n) is 15.6. The van der Waals surface area contributed by atoms with Crippen LogP contribution in [0.5, 0.6) is 5.75 Å². The van der Waals surface area contributed by atoms with Gasteiger partial charge in [0.1, 0.15) is 5.75 Å². The third kappa shape index (κ3) is 4.29. The molecule has 28 heavy (non-hydrogen) atoms. The summed E-state index contributed by atoms with van der Waals surface area (Å²) in [6.07, 6.45) is 3.15. The molecule has 0 aliphatic carbocycles. The van der Waals surface area contributed by atoms with Crippen molar-refractivity contribution >= 4 is 32.4 Å². The van der Waals surface area contributed by atoms with Crippen LogP contribution in [0.2, 0.25) is 0 Å². The second-order valence-corrected chi connectivity index (χ2v) is 8.13. The second-order valence-electron chi connectivity index (χ2n) is 6.12. The van der Waals surface area contributed by atoms with Gasteiger partial charge in [0, 0.05) is 35.9 Å². The van der Waals surface area contributed by atoms with Crippen molar-refractivity contribution in [2.24, 2.45) is 0 Å². The summed E-state index contributed by atoms with van der Waals surface area (Å²) in [6, 6.07) is 13.5. The Balaban J connectivity index is 1.73. The molecule has 0 aliphatic heterocycles. The molecule has 7 nitrogen and oxygen atoms in total. The molecule has 0 saturated carbocycles. The van der Waals surface area contributed by atoms with Gasteiger partial charge in [0.25, 0.3) is 0 Å². The molecule has 146 valence electrons. The molecule has 3 aromatic rings. The fourth-order valence-corrected chi connectivity index (χ4v) is 4.11. The average Bonchev–Trinajstić information content (AvgIpc) is 2.69. The first kappa shape index (κ1) is 19.8. The maximum absolute atomic E-state index is 13.0. The van der Waals surface area contributed by atoms with Gasteiger partial charge in [-0.1, -0.05) is 12.1 Å². The Hall–Kier alpha value is -2.97. The number of benzene rings is 2. The smallest absolute Gasteiger partial charge is 0.243 e. The summed E-state index contributed by atoms with van der Waals surface area (Å²) in [6.45, 7) is 2.13. The number of hydrogen-bond donors (Lipinski definition) is 1. The predicted octanol–water partition coefficient (Wildman–Crippen LogP) is 2.89. The van der Waals surface area contributed by atoms with Gasteiger partial charge >= 0.3 is 0 Å². The first-order valence-electron chi connectivity index (χ1n) is 8.73. The molecule has 0 fully saturated rings. The highest BCUT2D eigenvalue weighted by Gasteiger charge is 2.24. The van der Waals surface area contributed by atoms with Gasteiger partial charge in [0.05, 0.1) is 18.0 Å². The fraction of sp³-hybridized carbons (Fsp3) is 0.200. The van der Waals surface area contributed by atoms with Crippen LogP contribution in [0.3, 0.4) is 0 Å². The SMILES string of the molecule is CCOc1ccc(NC(=O)CN(C)S(=O)(=O)c2cccc3cnccc23)cc1. The molecule has 1 N–H and O–H groups in total. The number of anilines is 1. The third-order valence-corrected chi connectivity index (χ3v) is 6.01. The van der Waals surface area contributed by atoms with E-state index in [9.17, 15) is 13.2 Å². The number of rotatable bonds is 7. The Morgan fingerprint density at radius 2 is 1.89 bits per heavy atom. The van der Waals surface area contributed by atoms with E-state index in [1.807, 2.05) is 6.92 Å². The second kappa shape index (κ2) is 8.37. The van der Waals surface area contributed by atoms with Crippen LogP contribution in [0, 0.1) is 0 Å². The number of sulfonamides is 1. The van der Waals surface area contributed by atoms with Crippen LogP contribution in [0.1, 0.15) is 6.92 Å². The van der Waals surface area contributed by atoms with E-state index in [1.54, 1.807) is 54.9 Å². The van der Waals surface area contributed by atoms with E-state index in [2.05, 4.69) is 10.3 Å². The van der Waals surface area contributed by atoms with E-state index in [1.165, 1.54) is 13.1 Å². The first-order valence-corrected chi connectivity index (χ1v) is 10.2. The normalized spacial score (nSPS) is 11.5. The topological polar surface area (TPSA) is 88.6 Å². The van der Waals surface area contributed by atoms with Gasteiger partial charge in [-0.2, -0.15) is 4.31 Å². The van der Waals surface area contributed by atoms with Crippen LogP contribution < -0.4 is 10.1 Å². The molecule has 0 spiro atoms. The highest BCUT2D eigenvalue weighted by molar-refractivity contribution is 7.89. The number of amides is 1. The van der Waals surface area contributed by atoms with Crippen molar-refractivity contribution in [2.75, 3.05) is 25.5 Å². The minimum Gasteiger partial charge on any atom is -0.494 e. The van der Waals surface area contributed by atoms with Crippen molar-refractivity contribution in [2.45, 2.75) is 11.8 Å². The number of carbonyl (C=O) groups excluding carboxylic acids is 1. The minimum absolute atomic E-state index is 0.142. The molecule has 0 bridgehead atoms. The maximum Gasteiger partial charge on any atom is 0.243 e. The molecule has 0 saturated heterocycles. The molecule has 0 unspecified atom stereocenters. The highest BCUT2D eigenvalue weighted by atomic mass is 32.2. The Morgan fingerprint density at radius 1 is 1.14 bits per heavy atom. The number of aromatic nitrogens is 1. The summed E-state index contributed by atoms with van der Waals surface area (Å²) in [5, 5.41) is 3.98. The van der Waals surface area contributed by atoms with Crippen LogP contribution >= 0.6 is 0 Å². The number of ether oxygens (including phenoxy) is 1. The monoisotopic (exact) mass is 399 g/mol. The number of carbonyl (C=O) groups is 1. The lowest BCUT2D eigenvalue weighted by Gasteiger charge is -2.18. The Bertz CT molecular complexity index is 1080. The Labute approximate surface area is 164 Å². The van der Waals surface area contributed by atoms with Gasteiger partial charge in [-0.15, -0.1) is 0 Å². The van der Waals surface area contributed by atoms with E-state index < -0.39 is 15.9 Å². The molecule has 1 aromatic heterocycles. The van der Waals surface area contributed by atoms with Crippen molar-refractivity contribution in [1.82, 2.24) is 9.29 Å². The van der Waals surface area contributed by atoms with Crippen molar-refractivity contribution < 1.29 is 17.9 Å². The number of hydrogen-bond acceptors (Lipinski definition) is 5. The molecule has 2 aromatic carbocycles. The number of fused-ring (bicyclic) bond motifs is 1. The number of nitrogens with one attached hydrogen (secondary N) is 1. The summed E-state index contributed by atoms with van der Waals surface area (Å²) < 4.78 is 32.3. The molecule has 1 amide bonds. The average molecular weight is 399 g/mol. The van der Waals surface area contributed by atoms with E-state index in [4.69, 9.17) is 4.74 Å². The van der Waals surface area contributed by atoms with Gasteiger partial charge in [0.2, 0.25) is 15.9 Å². The van der Waals surface area contributed by atoms with E-state index in [0.29, 0.717) is 23.4 Å². The summed E-state index contributed by atoms with van der Waals surface area (Å²) in [5.41, 5.74) is 0.565.